The van der Waals surface area contributed by atoms with Gasteiger partial charge in [0.15, 0.2) is 0 Å². The van der Waals surface area contributed by atoms with E-state index in [0.29, 0.717) is 12.6 Å². The first-order valence-corrected chi connectivity index (χ1v) is 6.32. The average molecular weight is 275 g/mol. The third kappa shape index (κ3) is 5.96. The normalized spacial score (nSPS) is 13.6. The average Bonchev–Trinajstić information content (AvgIpc) is 2.33. The molecule has 0 aliphatic heterocycles. The molecule has 0 saturated carbocycles. The molecule has 1 unspecified atom stereocenters. The summed E-state index contributed by atoms with van der Waals surface area (Å²) in [4.78, 5) is 0. The monoisotopic (exact) mass is 275 g/mol. The molecule has 0 radical (unpaired) electrons. The lowest BCUT2D eigenvalue weighted by Gasteiger charge is -2.16. The molecular weight excluding hydrogens is 255 g/mol. The SMILES string of the molecule is CC(CNC(C)C)COc1cccc(C(F)(F)F)c1. The maximum Gasteiger partial charge on any atom is 0.416 e. The molecule has 1 aromatic rings. The van der Waals surface area contributed by atoms with Crippen molar-refractivity contribution < 1.29 is 17.9 Å². The molecule has 0 aliphatic carbocycles. The van der Waals surface area contributed by atoms with Crippen molar-refractivity contribution in [2.24, 2.45) is 5.92 Å². The van der Waals surface area contributed by atoms with E-state index < -0.39 is 11.7 Å². The minimum Gasteiger partial charge on any atom is -0.493 e. The number of nitrogens with one attached hydrogen (secondary N) is 1. The van der Waals surface area contributed by atoms with Gasteiger partial charge in [-0.3, -0.25) is 0 Å². The highest BCUT2D eigenvalue weighted by Gasteiger charge is 2.30. The third-order valence-electron chi connectivity index (χ3n) is 2.57. The van der Waals surface area contributed by atoms with Gasteiger partial charge in [-0.25, -0.2) is 0 Å². The molecule has 0 fully saturated rings. The van der Waals surface area contributed by atoms with E-state index in [1.807, 2.05) is 20.8 Å². The van der Waals surface area contributed by atoms with Crippen LogP contribution in [0.3, 0.4) is 0 Å². The largest absolute Gasteiger partial charge is 0.493 e. The topological polar surface area (TPSA) is 21.3 Å². The standard InChI is InChI=1S/C14H20F3NO/c1-10(2)18-8-11(3)9-19-13-6-4-5-12(7-13)14(15,16)17/h4-7,10-11,18H,8-9H2,1-3H3. The lowest BCUT2D eigenvalue weighted by molar-refractivity contribution is -0.137. The molecule has 0 bridgehead atoms. The molecule has 19 heavy (non-hydrogen) atoms. The van der Waals surface area contributed by atoms with Crippen molar-refractivity contribution in [1.29, 1.82) is 0 Å². The second kappa shape index (κ2) is 6.80. The zero-order chi connectivity index (χ0) is 14.5. The lowest BCUT2D eigenvalue weighted by atomic mass is 10.2. The molecule has 0 amide bonds. The molecule has 1 aromatic carbocycles. The fourth-order valence-electron chi connectivity index (χ4n) is 1.50. The van der Waals surface area contributed by atoms with Gasteiger partial charge in [-0.1, -0.05) is 26.8 Å². The van der Waals surface area contributed by atoms with Gasteiger partial charge < -0.3 is 10.1 Å². The van der Waals surface area contributed by atoms with E-state index in [4.69, 9.17) is 4.74 Å². The predicted octanol–water partition coefficient (Wildman–Crippen LogP) is 3.72. The molecule has 5 heteroatoms. The van der Waals surface area contributed by atoms with Crippen LogP contribution < -0.4 is 10.1 Å². The smallest absolute Gasteiger partial charge is 0.416 e. The quantitative estimate of drug-likeness (QED) is 0.854. The molecule has 108 valence electrons. The Labute approximate surface area is 112 Å². The van der Waals surface area contributed by atoms with Crippen LogP contribution in [0, 0.1) is 5.92 Å². The van der Waals surface area contributed by atoms with E-state index >= 15 is 0 Å². The first kappa shape index (κ1) is 15.8. The molecule has 0 aliphatic rings. The molecule has 0 heterocycles. The third-order valence-corrected chi connectivity index (χ3v) is 2.57. The molecule has 0 aromatic heterocycles. The molecule has 0 spiro atoms. The van der Waals surface area contributed by atoms with E-state index in [-0.39, 0.29) is 11.7 Å². The van der Waals surface area contributed by atoms with Crippen LogP contribution in [-0.4, -0.2) is 19.2 Å². The number of ether oxygens (including phenoxy) is 1. The summed E-state index contributed by atoms with van der Waals surface area (Å²) in [5, 5.41) is 3.26. The maximum absolute atomic E-state index is 12.5. The fourth-order valence-corrected chi connectivity index (χ4v) is 1.50. The van der Waals surface area contributed by atoms with Crippen LogP contribution in [-0.2, 0) is 6.18 Å². The summed E-state index contributed by atoms with van der Waals surface area (Å²) in [6, 6.07) is 5.35. The van der Waals surface area contributed by atoms with Gasteiger partial charge in [0, 0.05) is 18.5 Å². The van der Waals surface area contributed by atoms with Gasteiger partial charge in [0.05, 0.1) is 12.2 Å². The van der Waals surface area contributed by atoms with Gasteiger partial charge >= 0.3 is 6.18 Å². The fraction of sp³-hybridized carbons (Fsp3) is 0.571. The van der Waals surface area contributed by atoms with Crippen molar-refractivity contribution >= 4 is 0 Å². The van der Waals surface area contributed by atoms with Crippen molar-refractivity contribution in [3.63, 3.8) is 0 Å². The van der Waals surface area contributed by atoms with Gasteiger partial charge in [0.2, 0.25) is 0 Å². The Morgan fingerprint density at radius 2 is 1.89 bits per heavy atom. The number of hydrogen-bond acceptors (Lipinski definition) is 2. The number of benzene rings is 1. The van der Waals surface area contributed by atoms with E-state index in [9.17, 15) is 13.2 Å². The highest BCUT2D eigenvalue weighted by molar-refractivity contribution is 5.30. The lowest BCUT2D eigenvalue weighted by Crippen LogP contribution is -2.30. The number of hydrogen-bond donors (Lipinski definition) is 1. The Morgan fingerprint density at radius 3 is 2.47 bits per heavy atom. The van der Waals surface area contributed by atoms with E-state index in [1.165, 1.54) is 12.1 Å². The van der Waals surface area contributed by atoms with Crippen molar-refractivity contribution in [1.82, 2.24) is 5.32 Å². The number of alkyl halides is 3. The maximum atomic E-state index is 12.5. The van der Waals surface area contributed by atoms with Crippen molar-refractivity contribution in [3.05, 3.63) is 29.8 Å². The molecule has 2 nitrogen and oxygen atoms in total. The van der Waals surface area contributed by atoms with E-state index in [1.54, 1.807) is 0 Å². The minimum absolute atomic E-state index is 0.233. The minimum atomic E-state index is -4.33. The summed E-state index contributed by atoms with van der Waals surface area (Å²) in [6.45, 7) is 7.24. The Bertz CT molecular complexity index is 391. The first-order chi connectivity index (χ1) is 8.79. The van der Waals surface area contributed by atoms with E-state index in [2.05, 4.69) is 5.32 Å². The first-order valence-electron chi connectivity index (χ1n) is 6.32. The second-order valence-corrected chi connectivity index (χ2v) is 5.00. The summed E-state index contributed by atoms with van der Waals surface area (Å²) in [7, 11) is 0. The highest BCUT2D eigenvalue weighted by atomic mass is 19.4. The Kier molecular flexibility index (Phi) is 5.66. The number of halogens is 3. The van der Waals surface area contributed by atoms with Crippen LogP contribution in [0.1, 0.15) is 26.3 Å². The van der Waals surface area contributed by atoms with Crippen molar-refractivity contribution in [2.75, 3.05) is 13.2 Å². The Morgan fingerprint density at radius 1 is 1.21 bits per heavy atom. The summed E-state index contributed by atoms with van der Waals surface area (Å²) < 4.78 is 42.9. The van der Waals surface area contributed by atoms with E-state index in [0.717, 1.165) is 18.7 Å². The zero-order valence-corrected chi connectivity index (χ0v) is 11.4. The summed E-state index contributed by atoms with van der Waals surface area (Å²) in [5.74, 6) is 0.489. The summed E-state index contributed by atoms with van der Waals surface area (Å²) in [6.07, 6.45) is -4.33. The second-order valence-electron chi connectivity index (χ2n) is 5.00. The van der Waals surface area contributed by atoms with Gasteiger partial charge in [-0.15, -0.1) is 0 Å². The molecule has 1 atom stereocenters. The van der Waals surface area contributed by atoms with Gasteiger partial charge in [-0.2, -0.15) is 13.2 Å². The van der Waals surface area contributed by atoms with Gasteiger partial charge in [0.1, 0.15) is 5.75 Å². The molecule has 0 saturated heterocycles. The van der Waals surface area contributed by atoms with Crippen LogP contribution in [0.15, 0.2) is 24.3 Å². The number of rotatable bonds is 6. The Balaban J connectivity index is 2.49. The Hall–Kier alpha value is -1.23. The van der Waals surface area contributed by atoms with Crippen molar-refractivity contribution in [3.8, 4) is 5.75 Å². The van der Waals surface area contributed by atoms with Crippen LogP contribution in [0.25, 0.3) is 0 Å². The van der Waals surface area contributed by atoms with Crippen LogP contribution in [0.2, 0.25) is 0 Å². The summed E-state index contributed by atoms with van der Waals surface area (Å²) >= 11 is 0. The van der Waals surface area contributed by atoms with Crippen LogP contribution in [0.5, 0.6) is 5.75 Å². The molecule has 1 N–H and O–H groups in total. The highest BCUT2D eigenvalue weighted by Crippen LogP contribution is 2.31. The predicted molar refractivity (Wildman–Crippen MR) is 69.2 cm³/mol. The van der Waals surface area contributed by atoms with Gasteiger partial charge in [-0.05, 0) is 18.2 Å². The zero-order valence-electron chi connectivity index (χ0n) is 11.4. The van der Waals surface area contributed by atoms with Crippen LogP contribution in [0.4, 0.5) is 13.2 Å². The molecular formula is C14H20F3NO. The summed E-state index contributed by atoms with van der Waals surface area (Å²) in [5.41, 5.74) is -0.682. The molecule has 1 rings (SSSR count). The van der Waals surface area contributed by atoms with Crippen LogP contribution >= 0.6 is 0 Å². The van der Waals surface area contributed by atoms with Crippen molar-refractivity contribution in [2.45, 2.75) is 33.0 Å². The van der Waals surface area contributed by atoms with Gasteiger partial charge in [0.25, 0.3) is 0 Å².